The van der Waals surface area contributed by atoms with E-state index in [1.165, 1.54) is 0 Å². The minimum absolute atomic E-state index is 0.0572. The molecule has 0 saturated carbocycles. The molecule has 1 N–H and O–H groups in total. The Labute approximate surface area is 238 Å². The maximum absolute atomic E-state index is 13.0. The molecule has 38 heavy (non-hydrogen) atoms. The summed E-state index contributed by atoms with van der Waals surface area (Å²) < 4.78 is 11.4. The highest BCUT2D eigenvalue weighted by atomic mass is 35.5. The van der Waals surface area contributed by atoms with Gasteiger partial charge in [-0.3, -0.25) is 19.3 Å². The van der Waals surface area contributed by atoms with Gasteiger partial charge in [-0.1, -0.05) is 59.1 Å². The number of nitrogens with zero attached hydrogens (tertiary/aromatic N) is 1. The highest BCUT2D eigenvalue weighted by Crippen LogP contribution is 2.39. The van der Waals surface area contributed by atoms with E-state index in [9.17, 15) is 14.4 Å². The van der Waals surface area contributed by atoms with Crippen LogP contribution in [0.4, 0.5) is 10.5 Å². The van der Waals surface area contributed by atoms with E-state index in [0.717, 1.165) is 16.7 Å². The van der Waals surface area contributed by atoms with E-state index < -0.39 is 11.1 Å². The van der Waals surface area contributed by atoms with Crippen LogP contribution < -0.4 is 14.8 Å². The van der Waals surface area contributed by atoms with Crippen molar-refractivity contribution in [1.29, 1.82) is 0 Å². The fraction of sp³-hybridized carbons (Fsp3) is 0.148. The van der Waals surface area contributed by atoms with Crippen LogP contribution in [0, 0.1) is 0 Å². The molecule has 11 heteroatoms. The van der Waals surface area contributed by atoms with Crippen molar-refractivity contribution < 1.29 is 23.9 Å². The summed E-state index contributed by atoms with van der Waals surface area (Å²) in [5.41, 5.74) is 1.84. The average Bonchev–Trinajstić information content (AvgIpc) is 3.13. The summed E-state index contributed by atoms with van der Waals surface area (Å²) in [6.45, 7) is 1.87. The summed E-state index contributed by atoms with van der Waals surface area (Å²) in [5.74, 6) is -0.317. The second kappa shape index (κ2) is 12.6. The second-order valence-electron chi connectivity index (χ2n) is 7.98. The quantitative estimate of drug-likeness (QED) is 0.263. The van der Waals surface area contributed by atoms with Crippen molar-refractivity contribution in [3.05, 3.63) is 91.8 Å². The van der Waals surface area contributed by atoms with E-state index in [4.69, 9.17) is 44.3 Å². The fourth-order valence-corrected chi connectivity index (χ4v) is 4.97. The van der Waals surface area contributed by atoms with Gasteiger partial charge in [0.05, 0.1) is 33.1 Å². The van der Waals surface area contributed by atoms with E-state index >= 15 is 0 Å². The van der Waals surface area contributed by atoms with Crippen LogP contribution >= 0.6 is 46.6 Å². The van der Waals surface area contributed by atoms with Gasteiger partial charge >= 0.3 is 0 Å². The number of rotatable bonds is 9. The smallest absolute Gasteiger partial charge is 0.293 e. The van der Waals surface area contributed by atoms with E-state index in [0.29, 0.717) is 39.2 Å². The molecule has 4 rings (SSSR count). The summed E-state index contributed by atoms with van der Waals surface area (Å²) in [6, 6.07) is 17.1. The molecule has 0 radical (unpaired) electrons. The first-order valence-corrected chi connectivity index (χ1v) is 13.3. The fourth-order valence-electron chi connectivity index (χ4n) is 3.54. The Balaban J connectivity index is 1.49. The number of hydrogen-bond donors (Lipinski definition) is 1. The monoisotopic (exact) mass is 590 g/mol. The van der Waals surface area contributed by atoms with Crippen LogP contribution in [0.2, 0.25) is 15.1 Å². The number of carbonyl (C=O) groups excluding carboxylic acids is 3. The summed E-state index contributed by atoms with van der Waals surface area (Å²) >= 11 is 19.3. The van der Waals surface area contributed by atoms with Crippen LogP contribution in [-0.2, 0) is 16.1 Å². The molecule has 3 amide bonds. The number of anilines is 1. The van der Waals surface area contributed by atoms with Gasteiger partial charge in [0.2, 0.25) is 0 Å². The number of hydrogen-bond acceptors (Lipinski definition) is 6. The van der Waals surface area contributed by atoms with Gasteiger partial charge in [-0.15, -0.1) is 0 Å². The molecule has 0 bridgehead atoms. The number of para-hydroxylation sites is 1. The number of halogens is 3. The van der Waals surface area contributed by atoms with Crippen molar-refractivity contribution in [2.24, 2.45) is 0 Å². The predicted molar refractivity (Wildman–Crippen MR) is 151 cm³/mol. The SMILES string of the molecule is CCOc1cc(/C=C2\SC(=O)N(Cc3ccc(Cl)c(Cl)c3)C2=O)cc(Cl)c1OCC(=O)Nc1ccccc1. The van der Waals surface area contributed by atoms with Crippen molar-refractivity contribution in [1.82, 2.24) is 4.90 Å². The van der Waals surface area contributed by atoms with Gasteiger partial charge in [0, 0.05) is 5.69 Å². The van der Waals surface area contributed by atoms with Crippen LogP contribution in [0.5, 0.6) is 11.5 Å². The Morgan fingerprint density at radius 3 is 2.45 bits per heavy atom. The van der Waals surface area contributed by atoms with Gasteiger partial charge in [0.1, 0.15) is 0 Å². The third-order valence-corrected chi connectivity index (χ3v) is 7.16. The molecule has 3 aromatic rings. The molecule has 0 spiro atoms. The van der Waals surface area contributed by atoms with Crippen molar-refractivity contribution in [3.8, 4) is 11.5 Å². The lowest BCUT2D eigenvalue weighted by molar-refractivity contribution is -0.123. The van der Waals surface area contributed by atoms with E-state index in [1.807, 2.05) is 6.07 Å². The molecule has 0 atom stereocenters. The number of benzene rings is 3. The Kier molecular flexibility index (Phi) is 9.22. The van der Waals surface area contributed by atoms with Crippen molar-refractivity contribution in [2.45, 2.75) is 13.5 Å². The lowest BCUT2D eigenvalue weighted by Crippen LogP contribution is -2.27. The van der Waals surface area contributed by atoms with Crippen LogP contribution in [0.3, 0.4) is 0 Å². The average molecular weight is 592 g/mol. The largest absolute Gasteiger partial charge is 0.490 e. The van der Waals surface area contributed by atoms with Crippen molar-refractivity contribution >= 4 is 75.4 Å². The van der Waals surface area contributed by atoms with Crippen LogP contribution in [0.1, 0.15) is 18.1 Å². The van der Waals surface area contributed by atoms with Gasteiger partial charge < -0.3 is 14.8 Å². The number of amides is 3. The first-order chi connectivity index (χ1) is 18.2. The zero-order chi connectivity index (χ0) is 27.2. The Hall–Kier alpha value is -3.17. The number of carbonyl (C=O) groups is 3. The summed E-state index contributed by atoms with van der Waals surface area (Å²) in [4.78, 5) is 39.2. The molecule has 1 aliphatic heterocycles. The molecule has 1 heterocycles. The van der Waals surface area contributed by atoms with Crippen molar-refractivity contribution in [3.63, 3.8) is 0 Å². The maximum atomic E-state index is 13.0. The first-order valence-electron chi connectivity index (χ1n) is 11.4. The standard InChI is InChI=1S/C27H21Cl3N2O5S/c1-2-36-22-12-17(11-21(30)25(22)37-15-24(33)31-18-6-4-3-5-7-18)13-23-26(34)32(27(35)38-23)14-16-8-9-19(28)20(29)10-16/h3-13H,2,14-15H2,1H3,(H,31,33)/b23-13-. The minimum Gasteiger partial charge on any atom is -0.490 e. The number of nitrogens with one attached hydrogen (secondary N) is 1. The summed E-state index contributed by atoms with van der Waals surface area (Å²) in [7, 11) is 0. The highest BCUT2D eigenvalue weighted by molar-refractivity contribution is 8.18. The summed E-state index contributed by atoms with van der Waals surface area (Å²) in [5, 5.41) is 3.23. The lowest BCUT2D eigenvalue weighted by atomic mass is 10.1. The minimum atomic E-state index is -0.446. The molecular weight excluding hydrogens is 571 g/mol. The molecule has 1 fully saturated rings. The zero-order valence-electron chi connectivity index (χ0n) is 20.0. The first kappa shape index (κ1) is 27.9. The molecule has 1 aliphatic rings. The maximum Gasteiger partial charge on any atom is 0.293 e. The third-order valence-electron chi connectivity index (χ3n) is 5.23. The Morgan fingerprint density at radius 1 is 0.974 bits per heavy atom. The third kappa shape index (κ3) is 6.82. The van der Waals surface area contributed by atoms with E-state index in [2.05, 4.69) is 5.32 Å². The molecule has 0 aromatic heterocycles. The Bertz CT molecular complexity index is 1420. The molecule has 0 aliphatic carbocycles. The van der Waals surface area contributed by atoms with Gasteiger partial charge in [0.15, 0.2) is 18.1 Å². The van der Waals surface area contributed by atoms with Crippen LogP contribution in [0.25, 0.3) is 6.08 Å². The van der Waals surface area contributed by atoms with Gasteiger partial charge in [0.25, 0.3) is 17.1 Å². The predicted octanol–water partition coefficient (Wildman–Crippen LogP) is 7.30. The second-order valence-corrected chi connectivity index (χ2v) is 10.2. The lowest BCUT2D eigenvalue weighted by Gasteiger charge is -2.15. The van der Waals surface area contributed by atoms with Crippen LogP contribution in [-0.4, -0.2) is 35.2 Å². The number of imide groups is 1. The zero-order valence-corrected chi connectivity index (χ0v) is 23.1. The van der Waals surface area contributed by atoms with E-state index in [1.54, 1.807) is 67.6 Å². The molecule has 196 valence electrons. The normalized spacial score (nSPS) is 14.2. The number of ether oxygens (including phenoxy) is 2. The van der Waals surface area contributed by atoms with E-state index in [-0.39, 0.29) is 34.7 Å². The molecular formula is C27H21Cl3N2O5S. The van der Waals surface area contributed by atoms with Crippen molar-refractivity contribution in [2.75, 3.05) is 18.5 Å². The highest BCUT2D eigenvalue weighted by Gasteiger charge is 2.35. The molecule has 0 unspecified atom stereocenters. The van der Waals surface area contributed by atoms with Gasteiger partial charge in [-0.2, -0.15) is 0 Å². The number of thioether (sulfide) groups is 1. The molecule has 3 aromatic carbocycles. The van der Waals surface area contributed by atoms with Crippen LogP contribution in [0.15, 0.2) is 65.6 Å². The van der Waals surface area contributed by atoms with Gasteiger partial charge in [-0.05, 0) is 72.3 Å². The topological polar surface area (TPSA) is 84.9 Å². The Morgan fingerprint density at radius 2 is 1.74 bits per heavy atom. The summed E-state index contributed by atoms with van der Waals surface area (Å²) in [6.07, 6.45) is 1.56. The molecule has 7 nitrogen and oxygen atoms in total. The van der Waals surface area contributed by atoms with Gasteiger partial charge in [-0.25, -0.2) is 0 Å². The molecule has 1 saturated heterocycles.